The molecular formula is C19H16N6O2. The number of aromatic nitrogens is 5. The topological polar surface area (TPSA) is 77.5 Å². The molecule has 5 rings (SSSR count). The Hall–Kier alpha value is -3.68. The Balaban J connectivity index is 1.40. The van der Waals surface area contributed by atoms with Crippen LogP contribution in [0.25, 0.3) is 5.65 Å². The smallest absolute Gasteiger partial charge is 0.277 e. The molecule has 0 N–H and O–H groups in total. The number of ether oxygens (including phenoxy) is 1. The summed E-state index contributed by atoms with van der Waals surface area (Å²) < 4.78 is 9.14. The number of carbonyl (C=O) groups is 1. The molecule has 8 nitrogen and oxygen atoms in total. The van der Waals surface area contributed by atoms with Gasteiger partial charge in [-0.3, -0.25) is 14.4 Å². The number of carbonyl (C=O) groups excluding carboxylic acids is 1. The summed E-state index contributed by atoms with van der Waals surface area (Å²) in [6, 6.07) is 15.0. The van der Waals surface area contributed by atoms with Crippen LogP contribution in [0.15, 0.2) is 60.9 Å². The van der Waals surface area contributed by atoms with E-state index in [0.29, 0.717) is 36.9 Å². The number of nitrogens with zero attached hydrogens (tertiary/aromatic N) is 6. The quantitative estimate of drug-likeness (QED) is 0.557. The number of fused-ring (bicyclic) bond motifs is 2. The highest BCUT2D eigenvalue weighted by atomic mass is 16.5. The highest BCUT2D eigenvalue weighted by Gasteiger charge is 2.29. The lowest BCUT2D eigenvalue weighted by atomic mass is 10.2. The lowest BCUT2D eigenvalue weighted by Gasteiger charge is -2.26. The number of imidazole rings is 1. The first-order valence-corrected chi connectivity index (χ1v) is 8.65. The fraction of sp³-hybridized carbons (Fsp3) is 0.158. The van der Waals surface area contributed by atoms with Crippen LogP contribution in [0, 0.1) is 0 Å². The molecular weight excluding hydrogens is 344 g/mol. The minimum atomic E-state index is -0.118. The first-order valence-electron chi connectivity index (χ1n) is 8.65. The van der Waals surface area contributed by atoms with Crippen molar-refractivity contribution >= 4 is 17.4 Å². The highest BCUT2D eigenvalue weighted by Crippen LogP contribution is 2.22. The molecule has 0 bridgehead atoms. The van der Waals surface area contributed by atoms with E-state index in [1.54, 1.807) is 32.6 Å². The van der Waals surface area contributed by atoms with Crippen molar-refractivity contribution in [3.05, 3.63) is 72.3 Å². The molecule has 0 unspecified atom stereocenters. The number of anilines is 1. The maximum absolute atomic E-state index is 13.0. The molecule has 8 heteroatoms. The van der Waals surface area contributed by atoms with Crippen LogP contribution in [0.1, 0.15) is 16.2 Å². The van der Waals surface area contributed by atoms with Crippen LogP contribution < -0.4 is 9.64 Å². The Morgan fingerprint density at radius 1 is 1.07 bits per heavy atom. The van der Waals surface area contributed by atoms with Gasteiger partial charge in [0.25, 0.3) is 5.91 Å². The van der Waals surface area contributed by atoms with E-state index < -0.39 is 0 Å². The molecule has 0 atom stereocenters. The molecule has 0 spiro atoms. The van der Waals surface area contributed by atoms with Crippen LogP contribution in [-0.4, -0.2) is 36.8 Å². The second-order valence-electron chi connectivity index (χ2n) is 6.21. The standard InChI is InChI=1S/C19H16N6O2/c26-19-16-11-14(13-27-15-5-2-1-3-6-15)22-24(16)10-9-23(19)18-12-20-17-7-4-8-21-25(17)18/h1-8,11-12H,9-10,13H2. The van der Waals surface area contributed by atoms with Crippen molar-refractivity contribution in [1.29, 1.82) is 0 Å². The van der Waals surface area contributed by atoms with Crippen LogP contribution in [0.5, 0.6) is 5.75 Å². The lowest BCUT2D eigenvalue weighted by molar-refractivity contribution is 0.0961. The minimum absolute atomic E-state index is 0.118. The summed E-state index contributed by atoms with van der Waals surface area (Å²) in [5.74, 6) is 1.31. The van der Waals surface area contributed by atoms with Crippen molar-refractivity contribution < 1.29 is 9.53 Å². The number of hydrogen-bond donors (Lipinski definition) is 0. The number of para-hydroxylation sites is 1. The van der Waals surface area contributed by atoms with E-state index in [-0.39, 0.29) is 5.91 Å². The number of amides is 1. The maximum Gasteiger partial charge on any atom is 0.277 e. The van der Waals surface area contributed by atoms with Gasteiger partial charge in [0.15, 0.2) is 11.5 Å². The molecule has 4 aromatic rings. The van der Waals surface area contributed by atoms with E-state index in [1.165, 1.54) is 0 Å². The molecule has 1 aliphatic rings. The molecule has 1 amide bonds. The molecule has 0 saturated heterocycles. The average Bonchev–Trinajstić information content (AvgIpc) is 3.32. The molecule has 1 aromatic carbocycles. The molecule has 0 saturated carbocycles. The fourth-order valence-electron chi connectivity index (χ4n) is 3.21. The molecule has 4 heterocycles. The fourth-order valence-corrected chi connectivity index (χ4v) is 3.21. The largest absolute Gasteiger partial charge is 0.487 e. The Morgan fingerprint density at radius 2 is 1.96 bits per heavy atom. The zero-order valence-corrected chi connectivity index (χ0v) is 14.4. The molecule has 3 aromatic heterocycles. The van der Waals surface area contributed by atoms with Gasteiger partial charge in [0.2, 0.25) is 0 Å². The molecule has 0 aliphatic carbocycles. The van der Waals surface area contributed by atoms with Gasteiger partial charge in [0, 0.05) is 12.7 Å². The first kappa shape index (κ1) is 15.6. The van der Waals surface area contributed by atoms with E-state index in [1.807, 2.05) is 42.5 Å². The third kappa shape index (κ3) is 2.71. The van der Waals surface area contributed by atoms with Crippen LogP contribution in [0.4, 0.5) is 5.82 Å². The van der Waals surface area contributed by atoms with E-state index in [9.17, 15) is 4.79 Å². The van der Waals surface area contributed by atoms with Gasteiger partial charge in [-0.05, 0) is 30.3 Å². The summed E-state index contributed by atoms with van der Waals surface area (Å²) >= 11 is 0. The summed E-state index contributed by atoms with van der Waals surface area (Å²) in [6.07, 6.45) is 3.35. The summed E-state index contributed by atoms with van der Waals surface area (Å²) in [4.78, 5) is 19.0. The second-order valence-corrected chi connectivity index (χ2v) is 6.21. The lowest BCUT2D eigenvalue weighted by Crippen LogP contribution is -2.41. The number of benzene rings is 1. The van der Waals surface area contributed by atoms with Crippen LogP contribution in [0.2, 0.25) is 0 Å². The predicted octanol–water partition coefficient (Wildman–Crippen LogP) is 2.17. The van der Waals surface area contributed by atoms with Crippen LogP contribution in [-0.2, 0) is 13.2 Å². The van der Waals surface area contributed by atoms with E-state index in [0.717, 1.165) is 11.4 Å². The first-order chi connectivity index (χ1) is 13.3. The Kier molecular flexibility index (Phi) is 3.60. The van der Waals surface area contributed by atoms with E-state index >= 15 is 0 Å². The van der Waals surface area contributed by atoms with Crippen molar-refractivity contribution in [3.8, 4) is 5.75 Å². The van der Waals surface area contributed by atoms with Crippen molar-refractivity contribution in [2.75, 3.05) is 11.4 Å². The third-order valence-corrected chi connectivity index (χ3v) is 4.50. The van der Waals surface area contributed by atoms with Crippen LogP contribution in [0.3, 0.4) is 0 Å². The zero-order chi connectivity index (χ0) is 18.2. The normalized spacial score (nSPS) is 13.8. The predicted molar refractivity (Wildman–Crippen MR) is 97.7 cm³/mol. The SMILES string of the molecule is O=C1c2cc(COc3ccccc3)nn2CCN1c1cnc2cccnn12. The third-order valence-electron chi connectivity index (χ3n) is 4.50. The van der Waals surface area contributed by atoms with Crippen molar-refractivity contribution in [1.82, 2.24) is 24.4 Å². The summed E-state index contributed by atoms with van der Waals surface area (Å²) in [5, 5.41) is 8.79. The Bertz CT molecular complexity index is 1120. The summed E-state index contributed by atoms with van der Waals surface area (Å²) in [5.41, 5.74) is 1.97. The van der Waals surface area contributed by atoms with Gasteiger partial charge in [-0.15, -0.1) is 0 Å². The summed E-state index contributed by atoms with van der Waals surface area (Å²) in [7, 11) is 0. The van der Waals surface area contributed by atoms with E-state index in [2.05, 4.69) is 15.2 Å². The van der Waals surface area contributed by atoms with Crippen molar-refractivity contribution in [2.24, 2.45) is 0 Å². The Labute approximate surface area is 154 Å². The molecule has 0 radical (unpaired) electrons. The van der Waals surface area contributed by atoms with Gasteiger partial charge < -0.3 is 4.74 Å². The van der Waals surface area contributed by atoms with E-state index in [4.69, 9.17) is 4.74 Å². The number of hydrogen-bond acceptors (Lipinski definition) is 5. The average molecular weight is 360 g/mol. The summed E-state index contributed by atoms with van der Waals surface area (Å²) in [6.45, 7) is 1.43. The van der Waals surface area contributed by atoms with Crippen LogP contribution >= 0.6 is 0 Å². The van der Waals surface area contributed by atoms with Gasteiger partial charge in [0.1, 0.15) is 23.7 Å². The minimum Gasteiger partial charge on any atom is -0.487 e. The molecule has 134 valence electrons. The Morgan fingerprint density at radius 3 is 2.85 bits per heavy atom. The second kappa shape index (κ2) is 6.24. The molecule has 1 aliphatic heterocycles. The molecule has 0 fully saturated rings. The van der Waals surface area contributed by atoms with Crippen molar-refractivity contribution in [3.63, 3.8) is 0 Å². The highest BCUT2D eigenvalue weighted by molar-refractivity contribution is 6.05. The van der Waals surface area contributed by atoms with Gasteiger partial charge in [-0.25, -0.2) is 4.98 Å². The zero-order valence-electron chi connectivity index (χ0n) is 14.4. The van der Waals surface area contributed by atoms with Gasteiger partial charge in [0.05, 0.1) is 12.7 Å². The van der Waals surface area contributed by atoms with Gasteiger partial charge in [-0.2, -0.15) is 14.7 Å². The monoisotopic (exact) mass is 360 g/mol. The maximum atomic E-state index is 13.0. The van der Waals surface area contributed by atoms with Gasteiger partial charge >= 0.3 is 0 Å². The van der Waals surface area contributed by atoms with Crippen molar-refractivity contribution in [2.45, 2.75) is 13.2 Å². The molecule has 27 heavy (non-hydrogen) atoms. The number of rotatable bonds is 4. The van der Waals surface area contributed by atoms with Gasteiger partial charge in [-0.1, -0.05) is 18.2 Å².